The molecule has 0 unspecified atom stereocenters. The molecule has 1 aromatic rings. The van der Waals surface area contributed by atoms with Crippen molar-refractivity contribution in [1.82, 2.24) is 0 Å². The number of Topliss-reactive ketones (excluding diaryl/α,β-unsaturated/α-hetero) is 2. The molecule has 0 spiro atoms. The summed E-state index contributed by atoms with van der Waals surface area (Å²) in [5.74, 6) is -0.517. The third kappa shape index (κ3) is 4.38. The Kier molecular flexibility index (Phi) is 5.75. The van der Waals surface area contributed by atoms with Crippen LogP contribution in [-0.2, 0) is 9.59 Å². The molecule has 0 saturated heterocycles. The van der Waals surface area contributed by atoms with E-state index in [-0.39, 0.29) is 17.1 Å². The molecule has 0 fully saturated rings. The lowest BCUT2D eigenvalue weighted by molar-refractivity contribution is -0.119. The summed E-state index contributed by atoms with van der Waals surface area (Å²) in [4.78, 5) is 22.4. The van der Waals surface area contributed by atoms with Gasteiger partial charge in [-0.05, 0) is 66.3 Å². The van der Waals surface area contributed by atoms with Gasteiger partial charge in [-0.25, -0.2) is 0 Å². The zero-order chi connectivity index (χ0) is 13.7. The molecule has 0 aliphatic rings. The summed E-state index contributed by atoms with van der Waals surface area (Å²) in [5.41, 5.74) is 0.999. The normalized spacial score (nSPS) is 11.0. The van der Waals surface area contributed by atoms with Crippen LogP contribution in [0.25, 0.3) is 5.03 Å². The van der Waals surface area contributed by atoms with Crippen LogP contribution in [0.5, 0.6) is 0 Å². The topological polar surface area (TPSA) is 34.1 Å². The Labute approximate surface area is 125 Å². The molecule has 0 aliphatic carbocycles. The number of carbonyl (C=O) groups excluding carboxylic acids is 2. The van der Waals surface area contributed by atoms with Crippen LogP contribution in [0.1, 0.15) is 19.4 Å². The minimum Gasteiger partial charge on any atom is -0.294 e. The van der Waals surface area contributed by atoms with Crippen LogP contribution in [0.15, 0.2) is 42.0 Å². The second-order valence-electron chi connectivity index (χ2n) is 3.71. The van der Waals surface area contributed by atoms with Gasteiger partial charge >= 0.3 is 0 Å². The Hall–Kier alpha value is -0.940. The Morgan fingerprint density at radius 3 is 2.00 bits per heavy atom. The maximum absolute atomic E-state index is 11.2. The zero-order valence-corrected chi connectivity index (χ0v) is 12.9. The summed E-state index contributed by atoms with van der Waals surface area (Å²) in [7, 11) is 0. The van der Waals surface area contributed by atoms with Gasteiger partial charge in [0.1, 0.15) is 0 Å². The molecule has 0 bridgehead atoms. The number of halogens is 2. The van der Waals surface area contributed by atoms with Crippen LogP contribution in [-0.4, -0.2) is 11.6 Å². The molecule has 0 radical (unpaired) electrons. The lowest BCUT2D eigenvalue weighted by Gasteiger charge is -1.99. The Balaban J connectivity index is 3.02. The lowest BCUT2D eigenvalue weighted by Crippen LogP contribution is -2.05. The highest BCUT2D eigenvalue weighted by Gasteiger charge is 2.08. The van der Waals surface area contributed by atoms with Gasteiger partial charge in [-0.1, -0.05) is 23.7 Å². The summed E-state index contributed by atoms with van der Waals surface area (Å²) in [6.45, 7) is 2.72. The monoisotopic (exact) mass is 374 g/mol. The molecule has 0 atom stereocenters. The van der Waals surface area contributed by atoms with E-state index in [9.17, 15) is 9.59 Å². The minimum absolute atomic E-state index is 0.152. The van der Waals surface area contributed by atoms with Crippen LogP contribution < -0.4 is 0 Å². The molecule has 2 nitrogen and oxygen atoms in total. The van der Waals surface area contributed by atoms with Gasteiger partial charge in [0.2, 0.25) is 0 Å². The number of carbonyl (C=O) groups is 2. The first-order chi connectivity index (χ1) is 8.41. The van der Waals surface area contributed by atoms with E-state index in [1.807, 2.05) is 24.3 Å². The Morgan fingerprint density at radius 1 is 1.06 bits per heavy atom. The first kappa shape index (κ1) is 15.1. The van der Waals surface area contributed by atoms with Crippen molar-refractivity contribution in [2.24, 2.45) is 0 Å². The van der Waals surface area contributed by atoms with Gasteiger partial charge in [0.25, 0.3) is 0 Å². The molecule has 0 amide bonds. The standard InChI is InChI=1S/C14H12ClIO2/c1-9(17)13(10(2)18)7-8-14(15)11-3-5-12(16)6-4-11/h3-8H,1-2H3/b14-8+. The van der Waals surface area contributed by atoms with Crippen LogP contribution in [0.2, 0.25) is 0 Å². The van der Waals surface area contributed by atoms with Gasteiger partial charge in [0.05, 0.1) is 5.57 Å². The highest BCUT2D eigenvalue weighted by atomic mass is 127. The van der Waals surface area contributed by atoms with E-state index in [0.717, 1.165) is 9.13 Å². The Morgan fingerprint density at radius 2 is 1.56 bits per heavy atom. The smallest absolute Gasteiger partial charge is 0.163 e. The largest absolute Gasteiger partial charge is 0.294 e. The molecule has 0 heterocycles. The van der Waals surface area contributed by atoms with E-state index < -0.39 is 0 Å². The third-order valence-corrected chi connectivity index (χ3v) is 3.34. The van der Waals surface area contributed by atoms with Crippen molar-refractivity contribution in [2.75, 3.05) is 0 Å². The first-order valence-corrected chi connectivity index (χ1v) is 6.72. The number of benzene rings is 1. The van der Waals surface area contributed by atoms with E-state index in [2.05, 4.69) is 22.6 Å². The maximum atomic E-state index is 11.2. The number of ketones is 2. The lowest BCUT2D eigenvalue weighted by atomic mass is 10.1. The fourth-order valence-electron chi connectivity index (χ4n) is 1.34. The number of rotatable bonds is 4. The van der Waals surface area contributed by atoms with Crippen LogP contribution in [0, 0.1) is 3.57 Å². The van der Waals surface area contributed by atoms with Crippen molar-refractivity contribution in [1.29, 1.82) is 0 Å². The van der Waals surface area contributed by atoms with E-state index >= 15 is 0 Å². The average Bonchev–Trinajstić information content (AvgIpc) is 2.28. The maximum Gasteiger partial charge on any atom is 0.163 e. The van der Waals surface area contributed by atoms with Crippen molar-refractivity contribution in [3.8, 4) is 0 Å². The van der Waals surface area contributed by atoms with Crippen molar-refractivity contribution in [2.45, 2.75) is 13.8 Å². The fraction of sp³-hybridized carbons (Fsp3) is 0.143. The summed E-state index contributed by atoms with van der Waals surface area (Å²) < 4.78 is 1.12. The molecule has 0 N–H and O–H groups in total. The van der Waals surface area contributed by atoms with Crippen LogP contribution in [0.4, 0.5) is 0 Å². The molecule has 18 heavy (non-hydrogen) atoms. The number of hydrogen-bond donors (Lipinski definition) is 0. The zero-order valence-electron chi connectivity index (χ0n) is 10.0. The highest BCUT2D eigenvalue weighted by molar-refractivity contribution is 14.1. The quantitative estimate of drug-likeness (QED) is 0.263. The van der Waals surface area contributed by atoms with E-state index in [0.29, 0.717) is 5.03 Å². The molecule has 0 aliphatic heterocycles. The van der Waals surface area contributed by atoms with Gasteiger partial charge in [0.15, 0.2) is 11.6 Å². The molecule has 0 aromatic heterocycles. The van der Waals surface area contributed by atoms with Crippen LogP contribution >= 0.6 is 34.2 Å². The predicted octanol–water partition coefficient (Wildman–Crippen LogP) is 3.98. The SMILES string of the molecule is CC(=O)C(=C/C=C(/Cl)c1ccc(I)cc1)C(C)=O. The fourth-order valence-corrected chi connectivity index (χ4v) is 1.89. The summed E-state index contributed by atoms with van der Waals surface area (Å²) >= 11 is 8.31. The second-order valence-corrected chi connectivity index (χ2v) is 5.37. The first-order valence-electron chi connectivity index (χ1n) is 5.27. The van der Waals surface area contributed by atoms with E-state index in [4.69, 9.17) is 11.6 Å². The van der Waals surface area contributed by atoms with Gasteiger partial charge in [-0.2, -0.15) is 0 Å². The predicted molar refractivity (Wildman–Crippen MR) is 82.4 cm³/mol. The summed E-state index contributed by atoms with van der Waals surface area (Å²) in [5, 5.41) is 0.492. The van der Waals surface area contributed by atoms with Gasteiger partial charge < -0.3 is 0 Å². The second kappa shape index (κ2) is 6.85. The van der Waals surface area contributed by atoms with E-state index in [1.54, 1.807) is 6.08 Å². The minimum atomic E-state index is -0.258. The molecular weight excluding hydrogens is 363 g/mol. The summed E-state index contributed by atoms with van der Waals surface area (Å²) in [6.07, 6.45) is 3.03. The Bertz CT molecular complexity index is 511. The molecular formula is C14H12ClIO2. The van der Waals surface area contributed by atoms with Gasteiger partial charge in [0, 0.05) is 8.60 Å². The van der Waals surface area contributed by atoms with Crippen molar-refractivity contribution < 1.29 is 9.59 Å². The third-order valence-electron chi connectivity index (χ3n) is 2.27. The van der Waals surface area contributed by atoms with E-state index in [1.165, 1.54) is 19.9 Å². The van der Waals surface area contributed by atoms with Gasteiger partial charge in [-0.15, -0.1) is 0 Å². The molecule has 4 heteroatoms. The number of allylic oxidation sites excluding steroid dienone is 3. The highest BCUT2D eigenvalue weighted by Crippen LogP contribution is 2.20. The van der Waals surface area contributed by atoms with Crippen molar-refractivity contribution in [3.63, 3.8) is 0 Å². The average molecular weight is 375 g/mol. The number of hydrogen-bond acceptors (Lipinski definition) is 2. The van der Waals surface area contributed by atoms with Crippen molar-refractivity contribution in [3.05, 3.63) is 51.1 Å². The molecule has 1 rings (SSSR count). The summed E-state index contributed by atoms with van der Waals surface area (Å²) in [6, 6.07) is 7.64. The van der Waals surface area contributed by atoms with Gasteiger partial charge in [-0.3, -0.25) is 9.59 Å². The molecule has 94 valence electrons. The molecule has 1 aromatic carbocycles. The van der Waals surface area contributed by atoms with Crippen LogP contribution in [0.3, 0.4) is 0 Å². The molecule has 0 saturated carbocycles. The van der Waals surface area contributed by atoms with Crippen molar-refractivity contribution >= 4 is 50.8 Å².